The van der Waals surface area contributed by atoms with E-state index in [0.717, 1.165) is 190 Å². The van der Waals surface area contributed by atoms with E-state index in [-0.39, 0.29) is 33.7 Å². The van der Waals surface area contributed by atoms with Gasteiger partial charge in [0.05, 0.1) is 0 Å². The van der Waals surface area contributed by atoms with E-state index in [2.05, 4.69) is 431 Å². The number of allylic oxidation sites excluding steroid dienone is 2. The van der Waals surface area contributed by atoms with E-state index in [1.807, 2.05) is 13.8 Å². The predicted octanol–water partition coefficient (Wildman–Crippen LogP) is 33.7. The minimum atomic E-state index is -0.473. The third-order valence-electron chi connectivity index (χ3n) is 27.6. The molecule has 0 aromatic heterocycles. The number of nitrogens with one attached hydrogen (secondary N) is 2. The smallest absolute Gasteiger partial charge is 0.126 e. The molecule has 9 N–H and O–H groups in total. The van der Waals surface area contributed by atoms with Gasteiger partial charge in [-0.25, -0.2) is 0 Å². The van der Waals surface area contributed by atoms with Gasteiger partial charge in [0, 0.05) is 57.3 Å². The van der Waals surface area contributed by atoms with Gasteiger partial charge < -0.3 is 46.4 Å². The summed E-state index contributed by atoms with van der Waals surface area (Å²) in [6, 6.07) is 58.4. The fourth-order valence-corrected chi connectivity index (χ4v) is 19.7. The SMILES string of the molecule is C=C(C)c1cc(Cc2ccc(Nc3c(Cc4cc(C(C)(C)C)c(O)c(C(C)(C)C)c4)cc(Cc4cc(C(C)(C)C)c(O)c(C(C)(C)C)c4)cc3Cc3cc(C(Cc4cc(C(C)(C)C)c(O)c(C(C)(C)C)c4)c4cc(C(C)(C)C)c(O)c(C(C)(C)C)c4)ccc3Nc3ccc(Cc4cc(C(C)(C)C)c(O)c(C(C)(C)C)c4)cc3Cc3cc(C(=C)C)c(O)c(C(C)(C)C)c3)cc2)cc(C(C)(C)C)c1O. The Morgan fingerprint density at radius 2 is 0.467 bits per heavy atom. The van der Waals surface area contributed by atoms with Crippen LogP contribution in [0.1, 0.15) is 430 Å². The molecule has 137 heavy (non-hydrogen) atoms. The van der Waals surface area contributed by atoms with Crippen LogP contribution < -0.4 is 10.6 Å². The number of benzene rings is 11. The van der Waals surface area contributed by atoms with Gasteiger partial charge in [-0.05, 0) is 304 Å². The molecule has 9 heteroatoms. The van der Waals surface area contributed by atoms with Crippen molar-refractivity contribution < 1.29 is 35.7 Å². The highest BCUT2D eigenvalue weighted by molar-refractivity contribution is 5.76. The average Bonchev–Trinajstić information content (AvgIpc) is 0.764. The summed E-state index contributed by atoms with van der Waals surface area (Å²) in [5, 5.41) is 95.1. The van der Waals surface area contributed by atoms with E-state index in [0.29, 0.717) is 79.3 Å². The Kier molecular flexibility index (Phi) is 29.6. The molecule has 0 bridgehead atoms. The van der Waals surface area contributed by atoms with Crippen molar-refractivity contribution in [3.63, 3.8) is 0 Å². The molecule has 0 saturated carbocycles. The summed E-state index contributed by atoms with van der Waals surface area (Å²) in [4.78, 5) is 0. The number of phenolic OH excluding ortho intramolecular Hbond substituents is 7. The monoisotopic (exact) mass is 1850 g/mol. The van der Waals surface area contributed by atoms with Crippen LogP contribution in [0, 0.1) is 0 Å². The summed E-state index contributed by atoms with van der Waals surface area (Å²) >= 11 is 0. The van der Waals surface area contributed by atoms with Crippen molar-refractivity contribution in [2.45, 2.75) is 379 Å². The highest BCUT2D eigenvalue weighted by Crippen LogP contribution is 2.51. The minimum Gasteiger partial charge on any atom is -0.507 e. The molecule has 11 aromatic rings. The first-order chi connectivity index (χ1) is 62.5. The molecule has 9 nitrogen and oxygen atoms in total. The molecule has 11 rings (SSSR count). The van der Waals surface area contributed by atoms with Crippen molar-refractivity contribution in [1.29, 1.82) is 0 Å². The van der Waals surface area contributed by atoms with Gasteiger partial charge in [-0.2, -0.15) is 0 Å². The summed E-state index contributed by atoms with van der Waals surface area (Å²) in [6.07, 6.45) is 3.60. The highest BCUT2D eigenvalue weighted by atomic mass is 16.3. The van der Waals surface area contributed by atoms with Crippen molar-refractivity contribution in [3.05, 3.63) is 332 Å². The summed E-state index contributed by atoms with van der Waals surface area (Å²) in [5.74, 6) is 1.77. The number of rotatable bonds is 22. The van der Waals surface area contributed by atoms with Gasteiger partial charge in [-0.15, -0.1) is 0 Å². The summed E-state index contributed by atoms with van der Waals surface area (Å²) in [5.41, 5.74) is 28.1. The van der Waals surface area contributed by atoms with Gasteiger partial charge in [0.25, 0.3) is 0 Å². The lowest BCUT2D eigenvalue weighted by Crippen LogP contribution is -2.20. The van der Waals surface area contributed by atoms with Crippen molar-refractivity contribution in [2.24, 2.45) is 0 Å². The Morgan fingerprint density at radius 1 is 0.226 bits per heavy atom. The standard InChI is InChI=1S/C128H168N2O7/c1-74(2)92-57-79(60-95(110(92)131)117(5,6)7)49-76-41-45-91(46-42-76)129-109-89(56-83-66-101(123(23,24)25)114(135)102(67-83)124(26,27)28)54-78(51-81-63-99(121(17,18)19)113(134)100(64-81)122(20,21)22)55-90(109)71-88-70-85(94(86-72-105(127(35,36)37)116(137)106(73-86)128(38,39)40)59-84-68-103(125(29,30)31)115(136)104(69-84)126(32,33)34)44-48-108(88)130-107-47-43-77(50-80-61-97(119(11,12)13)112(133)98(62-80)120(14,15)16)52-87(107)53-82-58-93(75(3)4)111(132)96(65-82)118(8,9)10/h41-48,52,54-55,57-58,60-70,72-73,94,129-137H,1,3,49-51,53,56,59,71H2,2,4-40H3. The zero-order valence-corrected chi connectivity index (χ0v) is 91.1. The maximum Gasteiger partial charge on any atom is 0.126 e. The lowest BCUT2D eigenvalue weighted by atomic mass is 9.74. The van der Waals surface area contributed by atoms with Crippen LogP contribution in [0.5, 0.6) is 40.2 Å². The van der Waals surface area contributed by atoms with E-state index in [4.69, 9.17) is 0 Å². The van der Waals surface area contributed by atoms with Crippen LogP contribution in [0.4, 0.5) is 22.7 Å². The zero-order valence-electron chi connectivity index (χ0n) is 91.1. The molecule has 0 amide bonds. The molecule has 0 aliphatic rings. The third kappa shape index (κ3) is 24.7. The van der Waals surface area contributed by atoms with Crippen LogP contribution in [0.2, 0.25) is 0 Å². The number of phenols is 7. The summed E-state index contributed by atoms with van der Waals surface area (Å²) in [7, 11) is 0. The molecule has 0 fully saturated rings. The largest absolute Gasteiger partial charge is 0.507 e. The lowest BCUT2D eigenvalue weighted by Gasteiger charge is -2.31. The molecule has 0 aliphatic carbocycles. The zero-order chi connectivity index (χ0) is 103. The number of anilines is 4. The summed E-state index contributed by atoms with van der Waals surface area (Å²) < 4.78 is 0. The molecule has 0 saturated heterocycles. The molecular formula is C128H168N2O7. The van der Waals surface area contributed by atoms with Gasteiger partial charge in [0.15, 0.2) is 0 Å². The first-order valence-electron chi connectivity index (χ1n) is 49.9. The van der Waals surface area contributed by atoms with E-state index in [1.165, 1.54) is 0 Å². The van der Waals surface area contributed by atoms with Crippen LogP contribution in [0.15, 0.2) is 171 Å². The first-order valence-corrected chi connectivity index (χ1v) is 49.9. The van der Waals surface area contributed by atoms with Gasteiger partial charge in [-0.3, -0.25) is 0 Å². The second-order valence-corrected chi connectivity index (χ2v) is 52.7. The Labute approximate surface area is 826 Å². The second kappa shape index (κ2) is 38.0. The van der Waals surface area contributed by atoms with E-state index >= 15 is 0 Å². The fourth-order valence-electron chi connectivity index (χ4n) is 19.7. The maximum atomic E-state index is 12.8. The van der Waals surface area contributed by atoms with Gasteiger partial charge in [0.1, 0.15) is 40.2 Å². The van der Waals surface area contributed by atoms with Crippen molar-refractivity contribution in [2.75, 3.05) is 10.6 Å². The molecule has 0 radical (unpaired) electrons. The van der Waals surface area contributed by atoms with Crippen LogP contribution in [-0.4, -0.2) is 35.7 Å². The van der Waals surface area contributed by atoms with Crippen LogP contribution in [0.3, 0.4) is 0 Å². The Bertz CT molecular complexity index is 6230. The van der Waals surface area contributed by atoms with E-state index in [9.17, 15) is 35.7 Å². The van der Waals surface area contributed by atoms with Crippen molar-refractivity contribution >= 4 is 33.9 Å². The minimum absolute atomic E-state index is 0.239. The summed E-state index contributed by atoms with van der Waals surface area (Å²) in [6.45, 7) is 90.9. The second-order valence-electron chi connectivity index (χ2n) is 52.7. The van der Waals surface area contributed by atoms with Crippen LogP contribution >= 0.6 is 0 Å². The topological polar surface area (TPSA) is 166 Å². The third-order valence-corrected chi connectivity index (χ3v) is 27.6. The molecule has 1 atom stereocenters. The lowest BCUT2D eigenvalue weighted by molar-refractivity contribution is 0.421. The van der Waals surface area contributed by atoms with Crippen LogP contribution in [-0.2, 0) is 110 Å². The predicted molar refractivity (Wildman–Crippen MR) is 585 cm³/mol. The highest BCUT2D eigenvalue weighted by Gasteiger charge is 2.37. The Balaban J connectivity index is 1.29. The molecule has 1 unspecified atom stereocenters. The Hall–Kier alpha value is -10.9. The normalized spacial score (nSPS) is 13.3. The number of hydrogen-bond donors (Lipinski definition) is 9. The fraction of sp³-hybridized carbons (Fsp3) is 0.453. The molecule has 0 heterocycles. The van der Waals surface area contributed by atoms with E-state index in [1.54, 1.807) is 0 Å². The molecule has 0 spiro atoms. The van der Waals surface area contributed by atoms with Crippen molar-refractivity contribution in [1.82, 2.24) is 0 Å². The molecule has 0 aliphatic heterocycles. The molecular weight excluding hydrogens is 1680 g/mol. The first kappa shape index (κ1) is 107. The number of aromatic hydroxyl groups is 7. The molecule has 11 aromatic carbocycles. The van der Waals surface area contributed by atoms with Gasteiger partial charge >= 0.3 is 0 Å². The quantitative estimate of drug-likeness (QED) is 0.0321. The van der Waals surface area contributed by atoms with Gasteiger partial charge in [-0.1, -0.05) is 384 Å². The number of hydrogen-bond acceptors (Lipinski definition) is 9. The van der Waals surface area contributed by atoms with Gasteiger partial charge in [0.2, 0.25) is 0 Å². The maximum absolute atomic E-state index is 12.8. The van der Waals surface area contributed by atoms with Crippen molar-refractivity contribution in [3.8, 4) is 40.2 Å². The molecule has 732 valence electrons. The van der Waals surface area contributed by atoms with E-state index < -0.39 is 48.7 Å². The average molecular weight is 1850 g/mol. The Morgan fingerprint density at radius 3 is 0.803 bits per heavy atom. The van der Waals surface area contributed by atoms with Crippen LogP contribution in [0.25, 0.3) is 11.1 Å².